The molecule has 2 atom stereocenters. The average molecular weight is 295 g/mol. The normalized spacial score (nSPS) is 16.6. The first kappa shape index (κ1) is 14.7. The van der Waals surface area contributed by atoms with Crippen molar-refractivity contribution in [3.05, 3.63) is 34.9 Å². The van der Waals surface area contributed by atoms with Crippen molar-refractivity contribution in [1.82, 2.24) is 5.32 Å². The van der Waals surface area contributed by atoms with Crippen LogP contribution in [0, 0.1) is 0 Å². The lowest BCUT2D eigenvalue weighted by Crippen LogP contribution is -2.22. The summed E-state index contributed by atoms with van der Waals surface area (Å²) < 4.78 is 0. The van der Waals surface area contributed by atoms with E-state index in [4.69, 9.17) is 0 Å². The predicted octanol–water partition coefficient (Wildman–Crippen LogP) is 0.244. The molecule has 0 saturated heterocycles. The molecule has 0 fully saturated rings. The van der Waals surface area contributed by atoms with Crippen molar-refractivity contribution in [2.75, 3.05) is 5.75 Å². The van der Waals surface area contributed by atoms with E-state index in [1.54, 1.807) is 0 Å². The van der Waals surface area contributed by atoms with Gasteiger partial charge in [0.2, 0.25) is 0 Å². The highest BCUT2D eigenvalue weighted by atomic mass is 32.2. The third-order valence-corrected chi connectivity index (χ3v) is 3.84. The smallest absolute Gasteiger partial charge is 0.258 e. The first-order valence-corrected chi connectivity index (χ1v) is 6.88. The first-order chi connectivity index (χ1) is 9.40. The highest BCUT2D eigenvalue weighted by molar-refractivity contribution is 8.13. The molecule has 2 amide bonds. The van der Waals surface area contributed by atoms with Gasteiger partial charge in [-0.2, -0.15) is 0 Å². The Hall–Kier alpha value is -1.70. The molecule has 1 aliphatic rings. The minimum atomic E-state index is -1.23. The van der Waals surface area contributed by atoms with Crippen LogP contribution in [0.4, 0.5) is 0 Å². The molecule has 0 aromatic heterocycles. The van der Waals surface area contributed by atoms with E-state index >= 15 is 0 Å². The van der Waals surface area contributed by atoms with Crippen molar-refractivity contribution < 1.29 is 24.6 Å². The number of imide groups is 1. The Balaban J connectivity index is 2.17. The minimum Gasteiger partial charge on any atom is -0.389 e. The standard InChI is InChI=1S/C13H13NO5S/c1-6(15)20-5-10(16)11(17)7-2-3-8-9(4-7)13(19)14-12(8)18/h2-4,10-11,16-17H,5H2,1H3,(H,14,18,19). The van der Waals surface area contributed by atoms with Crippen molar-refractivity contribution in [2.24, 2.45) is 0 Å². The Morgan fingerprint density at radius 3 is 2.55 bits per heavy atom. The molecule has 1 heterocycles. The predicted molar refractivity (Wildman–Crippen MR) is 72.3 cm³/mol. The van der Waals surface area contributed by atoms with Crippen LogP contribution in [-0.4, -0.2) is 39.0 Å². The monoisotopic (exact) mass is 295 g/mol. The second-order valence-corrected chi connectivity index (χ2v) is 5.60. The summed E-state index contributed by atoms with van der Waals surface area (Å²) in [5.74, 6) is -0.941. The number of aliphatic hydroxyl groups excluding tert-OH is 2. The lowest BCUT2D eigenvalue weighted by Gasteiger charge is -2.17. The number of benzene rings is 1. The second kappa shape index (κ2) is 5.74. The molecule has 3 N–H and O–H groups in total. The summed E-state index contributed by atoms with van der Waals surface area (Å²) >= 11 is 0.906. The van der Waals surface area contributed by atoms with E-state index in [2.05, 4.69) is 5.32 Å². The maximum atomic E-state index is 11.5. The molecule has 6 nitrogen and oxygen atoms in total. The van der Waals surface area contributed by atoms with Crippen LogP contribution in [0.15, 0.2) is 18.2 Å². The van der Waals surface area contributed by atoms with Gasteiger partial charge in [0.15, 0.2) is 5.12 Å². The lowest BCUT2D eigenvalue weighted by molar-refractivity contribution is -0.109. The van der Waals surface area contributed by atoms with Crippen LogP contribution in [0.1, 0.15) is 39.3 Å². The summed E-state index contributed by atoms with van der Waals surface area (Å²) in [6, 6.07) is 4.28. The molecule has 0 saturated carbocycles. The first-order valence-electron chi connectivity index (χ1n) is 5.89. The van der Waals surface area contributed by atoms with Gasteiger partial charge in [-0.15, -0.1) is 0 Å². The second-order valence-electron chi connectivity index (χ2n) is 4.40. The number of fused-ring (bicyclic) bond motifs is 1. The van der Waals surface area contributed by atoms with Gasteiger partial charge < -0.3 is 10.2 Å². The Morgan fingerprint density at radius 2 is 1.90 bits per heavy atom. The van der Waals surface area contributed by atoms with Crippen LogP contribution >= 0.6 is 11.8 Å². The zero-order valence-electron chi connectivity index (χ0n) is 10.6. The largest absolute Gasteiger partial charge is 0.389 e. The van der Waals surface area contributed by atoms with E-state index in [0.717, 1.165) is 11.8 Å². The summed E-state index contributed by atoms with van der Waals surface area (Å²) in [5, 5.41) is 21.8. The van der Waals surface area contributed by atoms with Crippen molar-refractivity contribution in [1.29, 1.82) is 0 Å². The fourth-order valence-electron chi connectivity index (χ4n) is 1.89. The highest BCUT2D eigenvalue weighted by Crippen LogP contribution is 2.24. The van der Waals surface area contributed by atoms with E-state index in [0.29, 0.717) is 5.56 Å². The van der Waals surface area contributed by atoms with Crippen LogP contribution in [0.2, 0.25) is 0 Å². The molecule has 0 aliphatic carbocycles. The Bertz CT molecular complexity index is 586. The zero-order valence-corrected chi connectivity index (χ0v) is 11.4. The molecule has 2 unspecified atom stereocenters. The average Bonchev–Trinajstić information content (AvgIpc) is 2.70. The number of nitrogens with one attached hydrogen (secondary N) is 1. The fourth-order valence-corrected chi connectivity index (χ4v) is 2.47. The fraction of sp³-hybridized carbons (Fsp3) is 0.308. The van der Waals surface area contributed by atoms with Crippen LogP contribution < -0.4 is 5.32 Å². The van der Waals surface area contributed by atoms with E-state index in [1.807, 2.05) is 0 Å². The summed E-state index contributed by atoms with van der Waals surface area (Å²) in [6.07, 6.45) is -2.36. The maximum Gasteiger partial charge on any atom is 0.258 e. The summed E-state index contributed by atoms with van der Waals surface area (Å²) in [6.45, 7) is 1.37. The van der Waals surface area contributed by atoms with E-state index in [-0.39, 0.29) is 22.0 Å². The van der Waals surface area contributed by atoms with Crippen LogP contribution in [0.5, 0.6) is 0 Å². The van der Waals surface area contributed by atoms with Gasteiger partial charge >= 0.3 is 0 Å². The summed E-state index contributed by atoms with van der Waals surface area (Å²) in [4.78, 5) is 33.7. The molecular formula is C13H13NO5S. The number of aliphatic hydroxyl groups is 2. The number of thioether (sulfide) groups is 1. The molecule has 0 radical (unpaired) electrons. The van der Waals surface area contributed by atoms with Crippen molar-refractivity contribution in [3.63, 3.8) is 0 Å². The number of amides is 2. The van der Waals surface area contributed by atoms with Gasteiger partial charge in [-0.3, -0.25) is 19.7 Å². The molecule has 2 rings (SSSR count). The van der Waals surface area contributed by atoms with Crippen LogP contribution in [0.25, 0.3) is 0 Å². The molecule has 1 aromatic carbocycles. The molecule has 0 bridgehead atoms. The molecular weight excluding hydrogens is 282 g/mol. The number of carbonyl (C=O) groups is 3. The van der Waals surface area contributed by atoms with Crippen molar-refractivity contribution in [3.8, 4) is 0 Å². The SMILES string of the molecule is CC(=O)SCC(O)C(O)c1ccc2c(c1)C(=O)NC2=O. The summed E-state index contributed by atoms with van der Waals surface area (Å²) in [5.41, 5.74) is 0.752. The number of rotatable bonds is 4. The van der Waals surface area contributed by atoms with Crippen LogP contribution in [-0.2, 0) is 4.79 Å². The molecule has 0 spiro atoms. The summed E-state index contributed by atoms with van der Waals surface area (Å²) in [7, 11) is 0. The zero-order chi connectivity index (χ0) is 14.9. The quantitative estimate of drug-likeness (QED) is 0.688. The van der Waals surface area contributed by atoms with Gasteiger partial charge in [0.05, 0.1) is 17.2 Å². The molecule has 1 aromatic rings. The topological polar surface area (TPSA) is 104 Å². The van der Waals surface area contributed by atoms with Crippen molar-refractivity contribution in [2.45, 2.75) is 19.1 Å². The van der Waals surface area contributed by atoms with Gasteiger partial charge in [0.25, 0.3) is 11.8 Å². The molecule has 7 heteroatoms. The van der Waals surface area contributed by atoms with Crippen LogP contribution in [0.3, 0.4) is 0 Å². The molecule has 106 valence electrons. The Labute approximate surface area is 119 Å². The third-order valence-electron chi connectivity index (χ3n) is 2.92. The van der Waals surface area contributed by atoms with E-state index in [1.165, 1.54) is 25.1 Å². The minimum absolute atomic E-state index is 0.0543. The molecule has 20 heavy (non-hydrogen) atoms. The number of carbonyl (C=O) groups excluding carboxylic acids is 3. The van der Waals surface area contributed by atoms with Gasteiger partial charge in [-0.1, -0.05) is 17.8 Å². The Morgan fingerprint density at radius 1 is 1.25 bits per heavy atom. The number of hydrogen-bond acceptors (Lipinski definition) is 6. The van der Waals surface area contributed by atoms with E-state index in [9.17, 15) is 24.6 Å². The van der Waals surface area contributed by atoms with Gasteiger partial charge in [-0.25, -0.2) is 0 Å². The van der Waals surface area contributed by atoms with Crippen molar-refractivity contribution >= 4 is 28.7 Å². The lowest BCUT2D eigenvalue weighted by atomic mass is 10.00. The van der Waals surface area contributed by atoms with Gasteiger partial charge in [0.1, 0.15) is 6.10 Å². The van der Waals surface area contributed by atoms with Gasteiger partial charge in [0, 0.05) is 12.7 Å². The number of hydrogen-bond donors (Lipinski definition) is 3. The van der Waals surface area contributed by atoms with E-state index < -0.39 is 24.0 Å². The molecule has 1 aliphatic heterocycles. The highest BCUT2D eigenvalue weighted by Gasteiger charge is 2.28. The third kappa shape index (κ3) is 2.90. The maximum absolute atomic E-state index is 11.5. The Kier molecular flexibility index (Phi) is 4.22. The van der Waals surface area contributed by atoms with Gasteiger partial charge in [-0.05, 0) is 17.7 Å².